The molecule has 0 bridgehead atoms. The minimum absolute atomic E-state index is 0.201. The Balaban J connectivity index is 1.40. The standard InChI is InChI=1S/C22H39N3O/c1-18(2)24-15-11-21(12-16-24)25-14-6-9-20(17-25)22(26)23-13-10-19-7-4-3-5-8-19/h7,18,20-21H,3-6,8-17H2,1-2H3,(H,23,26)/t20-/m1/s1. The van der Waals surface area contributed by atoms with E-state index in [0.717, 1.165) is 25.9 Å². The van der Waals surface area contributed by atoms with Crippen molar-refractivity contribution in [2.45, 2.75) is 83.7 Å². The fourth-order valence-electron chi connectivity index (χ4n) is 4.94. The number of rotatable bonds is 6. The number of piperidine rings is 2. The van der Waals surface area contributed by atoms with Gasteiger partial charge in [-0.1, -0.05) is 11.6 Å². The first kappa shape index (κ1) is 19.9. The van der Waals surface area contributed by atoms with Gasteiger partial charge in [-0.05, 0) is 91.3 Å². The molecular weight excluding hydrogens is 322 g/mol. The van der Waals surface area contributed by atoms with Crippen LogP contribution in [0.5, 0.6) is 0 Å². The molecule has 26 heavy (non-hydrogen) atoms. The lowest BCUT2D eigenvalue weighted by atomic mass is 9.93. The number of nitrogens with zero attached hydrogens (tertiary/aromatic N) is 2. The number of amides is 1. The molecule has 2 fully saturated rings. The molecular formula is C22H39N3O. The molecule has 0 spiro atoms. The number of hydrogen-bond donors (Lipinski definition) is 1. The molecule has 1 atom stereocenters. The van der Waals surface area contributed by atoms with Gasteiger partial charge in [0.05, 0.1) is 5.92 Å². The second kappa shape index (κ2) is 9.89. The van der Waals surface area contributed by atoms with E-state index in [0.29, 0.717) is 18.0 Å². The van der Waals surface area contributed by atoms with E-state index in [9.17, 15) is 4.79 Å². The van der Waals surface area contributed by atoms with Crippen molar-refractivity contribution < 1.29 is 4.79 Å². The van der Waals surface area contributed by atoms with Crippen molar-refractivity contribution in [1.29, 1.82) is 0 Å². The SMILES string of the molecule is CC(C)N1CCC(N2CCC[C@@H](C(=O)NCCC3=CCCCC3)C2)CC1. The third-order valence-electron chi connectivity index (χ3n) is 6.70. The smallest absolute Gasteiger partial charge is 0.224 e. The Hall–Kier alpha value is -0.870. The second-order valence-electron chi connectivity index (χ2n) is 8.84. The molecule has 2 saturated heterocycles. The van der Waals surface area contributed by atoms with Crippen LogP contribution in [-0.2, 0) is 4.79 Å². The van der Waals surface area contributed by atoms with Gasteiger partial charge in [0.2, 0.25) is 5.91 Å². The predicted octanol–water partition coefficient (Wildman–Crippen LogP) is 3.58. The highest BCUT2D eigenvalue weighted by Crippen LogP contribution is 2.25. The summed E-state index contributed by atoms with van der Waals surface area (Å²) in [5.41, 5.74) is 1.55. The van der Waals surface area contributed by atoms with E-state index in [4.69, 9.17) is 0 Å². The Labute approximate surface area is 160 Å². The third-order valence-corrected chi connectivity index (χ3v) is 6.70. The number of nitrogens with one attached hydrogen (secondary N) is 1. The van der Waals surface area contributed by atoms with Crippen LogP contribution < -0.4 is 5.32 Å². The molecule has 3 aliphatic rings. The Morgan fingerprint density at radius 2 is 1.96 bits per heavy atom. The predicted molar refractivity (Wildman–Crippen MR) is 108 cm³/mol. The van der Waals surface area contributed by atoms with Crippen LogP contribution in [0.3, 0.4) is 0 Å². The molecule has 4 nitrogen and oxygen atoms in total. The highest BCUT2D eigenvalue weighted by atomic mass is 16.1. The second-order valence-corrected chi connectivity index (χ2v) is 8.84. The van der Waals surface area contributed by atoms with Gasteiger partial charge in [0.1, 0.15) is 0 Å². The Morgan fingerprint density at radius 3 is 2.65 bits per heavy atom. The molecule has 1 N–H and O–H groups in total. The summed E-state index contributed by atoms with van der Waals surface area (Å²) < 4.78 is 0. The Kier molecular flexibility index (Phi) is 7.56. The van der Waals surface area contributed by atoms with Crippen molar-refractivity contribution in [2.75, 3.05) is 32.7 Å². The summed E-state index contributed by atoms with van der Waals surface area (Å²) in [4.78, 5) is 17.9. The van der Waals surface area contributed by atoms with Crippen LogP contribution in [0, 0.1) is 5.92 Å². The minimum Gasteiger partial charge on any atom is -0.356 e. The van der Waals surface area contributed by atoms with Gasteiger partial charge in [-0.2, -0.15) is 0 Å². The summed E-state index contributed by atoms with van der Waals surface area (Å²) in [6, 6.07) is 1.35. The van der Waals surface area contributed by atoms with Crippen LogP contribution in [0.4, 0.5) is 0 Å². The van der Waals surface area contributed by atoms with Crippen LogP contribution in [0.25, 0.3) is 0 Å². The van der Waals surface area contributed by atoms with Crippen molar-refractivity contribution in [3.8, 4) is 0 Å². The van der Waals surface area contributed by atoms with E-state index in [1.807, 2.05) is 0 Å². The average Bonchev–Trinajstić information content (AvgIpc) is 2.69. The van der Waals surface area contributed by atoms with E-state index in [1.54, 1.807) is 5.57 Å². The van der Waals surface area contributed by atoms with Crippen LogP contribution in [-0.4, -0.2) is 60.5 Å². The van der Waals surface area contributed by atoms with E-state index in [1.165, 1.54) is 64.6 Å². The first-order chi connectivity index (χ1) is 12.6. The van der Waals surface area contributed by atoms with E-state index in [-0.39, 0.29) is 5.92 Å². The fourth-order valence-corrected chi connectivity index (χ4v) is 4.94. The lowest BCUT2D eigenvalue weighted by molar-refractivity contribution is -0.127. The van der Waals surface area contributed by atoms with Crippen molar-refractivity contribution in [1.82, 2.24) is 15.1 Å². The number of hydrogen-bond acceptors (Lipinski definition) is 3. The fraction of sp³-hybridized carbons (Fsp3) is 0.864. The highest BCUT2D eigenvalue weighted by molar-refractivity contribution is 5.79. The number of carbonyl (C=O) groups is 1. The molecule has 0 aromatic rings. The summed E-state index contributed by atoms with van der Waals surface area (Å²) >= 11 is 0. The third kappa shape index (κ3) is 5.56. The number of carbonyl (C=O) groups excluding carboxylic acids is 1. The van der Waals surface area contributed by atoms with Gasteiger partial charge >= 0.3 is 0 Å². The summed E-state index contributed by atoms with van der Waals surface area (Å²) in [6.07, 6.45) is 13.3. The largest absolute Gasteiger partial charge is 0.356 e. The van der Waals surface area contributed by atoms with Gasteiger partial charge in [0.25, 0.3) is 0 Å². The maximum atomic E-state index is 12.6. The summed E-state index contributed by atoms with van der Waals surface area (Å²) in [5, 5.41) is 3.23. The molecule has 0 radical (unpaired) electrons. The lowest BCUT2D eigenvalue weighted by Gasteiger charge is -2.43. The van der Waals surface area contributed by atoms with Gasteiger partial charge in [-0.15, -0.1) is 0 Å². The molecule has 0 aromatic carbocycles. The summed E-state index contributed by atoms with van der Waals surface area (Å²) in [7, 11) is 0. The molecule has 0 unspecified atom stereocenters. The Morgan fingerprint density at radius 1 is 1.15 bits per heavy atom. The Bertz CT molecular complexity index is 480. The van der Waals surface area contributed by atoms with Crippen molar-refractivity contribution in [3.05, 3.63) is 11.6 Å². The van der Waals surface area contributed by atoms with Crippen LogP contribution in [0.15, 0.2) is 11.6 Å². The summed E-state index contributed by atoms with van der Waals surface area (Å²) in [6.45, 7) is 10.0. The molecule has 1 aliphatic carbocycles. The molecule has 3 rings (SSSR count). The molecule has 148 valence electrons. The maximum absolute atomic E-state index is 12.6. The van der Waals surface area contributed by atoms with E-state index in [2.05, 4.69) is 35.0 Å². The van der Waals surface area contributed by atoms with Gasteiger partial charge in [-0.3, -0.25) is 9.69 Å². The number of allylic oxidation sites excluding steroid dienone is 1. The van der Waals surface area contributed by atoms with Gasteiger partial charge in [-0.25, -0.2) is 0 Å². The minimum atomic E-state index is 0.201. The maximum Gasteiger partial charge on any atom is 0.224 e. The summed E-state index contributed by atoms with van der Waals surface area (Å²) in [5.74, 6) is 0.498. The molecule has 4 heteroatoms. The van der Waals surface area contributed by atoms with E-state index >= 15 is 0 Å². The van der Waals surface area contributed by atoms with Crippen molar-refractivity contribution in [3.63, 3.8) is 0 Å². The highest BCUT2D eigenvalue weighted by Gasteiger charge is 2.31. The van der Waals surface area contributed by atoms with Gasteiger partial charge in [0, 0.05) is 25.2 Å². The molecule has 1 amide bonds. The topological polar surface area (TPSA) is 35.6 Å². The first-order valence-corrected chi connectivity index (χ1v) is 11.1. The van der Waals surface area contributed by atoms with Gasteiger partial charge in [0.15, 0.2) is 0 Å². The zero-order chi connectivity index (χ0) is 18.4. The number of likely N-dealkylation sites (tertiary alicyclic amines) is 2. The normalized spacial score (nSPS) is 26.7. The van der Waals surface area contributed by atoms with Crippen LogP contribution in [0.2, 0.25) is 0 Å². The van der Waals surface area contributed by atoms with Crippen molar-refractivity contribution >= 4 is 5.91 Å². The molecule has 2 heterocycles. The van der Waals surface area contributed by atoms with Crippen LogP contribution >= 0.6 is 0 Å². The van der Waals surface area contributed by atoms with E-state index < -0.39 is 0 Å². The average molecular weight is 362 g/mol. The quantitative estimate of drug-likeness (QED) is 0.735. The van der Waals surface area contributed by atoms with Gasteiger partial charge < -0.3 is 10.2 Å². The molecule has 0 saturated carbocycles. The first-order valence-electron chi connectivity index (χ1n) is 11.1. The lowest BCUT2D eigenvalue weighted by Crippen LogP contribution is -2.51. The van der Waals surface area contributed by atoms with Crippen molar-refractivity contribution in [2.24, 2.45) is 5.92 Å². The van der Waals surface area contributed by atoms with Crippen LogP contribution in [0.1, 0.15) is 71.6 Å². The molecule has 2 aliphatic heterocycles. The zero-order valence-electron chi connectivity index (χ0n) is 17.0. The molecule has 0 aromatic heterocycles. The monoisotopic (exact) mass is 361 g/mol. The zero-order valence-corrected chi connectivity index (χ0v) is 17.0.